The lowest BCUT2D eigenvalue weighted by atomic mass is 10.2. The molecule has 0 aliphatic heterocycles. The Morgan fingerprint density at radius 2 is 1.96 bits per heavy atom. The highest BCUT2D eigenvalue weighted by Gasteiger charge is 2.33. The number of benzene rings is 2. The number of halogens is 4. The number of carbonyl (C=O) groups excluding carboxylic acids is 1. The van der Waals surface area contributed by atoms with Crippen molar-refractivity contribution in [2.75, 3.05) is 10.9 Å². The molecule has 0 unspecified atom stereocenters. The summed E-state index contributed by atoms with van der Waals surface area (Å²) in [5.41, 5.74) is 0.560. The van der Waals surface area contributed by atoms with Gasteiger partial charge in [-0.15, -0.1) is 0 Å². The molecule has 0 spiro atoms. The number of anilines is 1. The van der Waals surface area contributed by atoms with E-state index in [0.29, 0.717) is 30.0 Å². The lowest BCUT2D eigenvalue weighted by Gasteiger charge is -2.24. The highest BCUT2D eigenvalue weighted by Crippen LogP contribution is 2.42. The van der Waals surface area contributed by atoms with Crippen LogP contribution in [0, 0.1) is 0 Å². The fraction of sp³-hybridized carbons (Fsp3) is 0.188. The summed E-state index contributed by atoms with van der Waals surface area (Å²) >= 11 is 17.3. The van der Waals surface area contributed by atoms with Crippen LogP contribution in [0.5, 0.6) is 5.75 Å². The molecule has 0 N–H and O–H groups in total. The lowest BCUT2D eigenvalue weighted by Crippen LogP contribution is -2.27. The quantitative estimate of drug-likeness (QED) is 0.428. The maximum absolute atomic E-state index is 13.8. The van der Waals surface area contributed by atoms with Crippen molar-refractivity contribution in [1.29, 1.82) is 0 Å². The van der Waals surface area contributed by atoms with Gasteiger partial charge in [0.05, 0.1) is 22.9 Å². The van der Waals surface area contributed by atoms with E-state index in [1.165, 1.54) is 6.07 Å². The summed E-state index contributed by atoms with van der Waals surface area (Å²) in [5, 5.41) is 0.239. The summed E-state index contributed by atoms with van der Waals surface area (Å²) in [5.74, 6) is -0.0243. The molecule has 0 saturated carbocycles. The molecule has 24 heavy (non-hydrogen) atoms. The Bertz CT molecular complexity index is 724. The minimum absolute atomic E-state index is 0.200. The number of hydrogen-bond donors (Lipinski definition) is 0. The predicted molar refractivity (Wildman–Crippen MR) is 99.0 cm³/mol. The van der Waals surface area contributed by atoms with Gasteiger partial charge >= 0.3 is 3.92 Å². The number of rotatable bonds is 6. The first-order valence-corrected chi connectivity index (χ1v) is 8.80. The van der Waals surface area contributed by atoms with Crippen molar-refractivity contribution in [3.63, 3.8) is 0 Å². The summed E-state index contributed by atoms with van der Waals surface area (Å²) in [6.45, 7) is 2.28. The van der Waals surface area contributed by atoms with Crippen LogP contribution in [0.3, 0.4) is 0 Å². The standard InChI is InChI=1S/C16H13Cl3FNO2S/c1-2-23-12-7-5-6-11(10-12)21(24-16(18,19)20)15(22)13-8-3-4-9-14(13)17/h3-10H,2H2,1H3. The highest BCUT2D eigenvalue weighted by atomic mass is 35.5. The first kappa shape index (κ1) is 19.2. The van der Waals surface area contributed by atoms with Gasteiger partial charge in [-0.05, 0) is 31.2 Å². The van der Waals surface area contributed by atoms with Gasteiger partial charge in [-0.2, -0.15) is 4.39 Å². The molecule has 8 heteroatoms. The molecule has 0 atom stereocenters. The molecule has 2 rings (SSSR count). The van der Waals surface area contributed by atoms with E-state index in [1.807, 2.05) is 6.92 Å². The SMILES string of the molecule is CCOc1cccc(N(SC(F)(Cl)Cl)C(=O)c2ccccc2Cl)c1. The second-order valence-electron chi connectivity index (χ2n) is 4.55. The van der Waals surface area contributed by atoms with Gasteiger partial charge in [0.2, 0.25) is 0 Å². The van der Waals surface area contributed by atoms with Crippen molar-refractivity contribution >= 4 is 58.3 Å². The average molecular weight is 409 g/mol. The summed E-state index contributed by atoms with van der Waals surface area (Å²) in [4.78, 5) is 12.8. The Morgan fingerprint density at radius 3 is 2.58 bits per heavy atom. The van der Waals surface area contributed by atoms with Crippen LogP contribution in [0.1, 0.15) is 17.3 Å². The van der Waals surface area contributed by atoms with Crippen LogP contribution in [0.2, 0.25) is 5.02 Å². The van der Waals surface area contributed by atoms with Gasteiger partial charge in [0.25, 0.3) is 5.91 Å². The van der Waals surface area contributed by atoms with Crippen LogP contribution in [-0.4, -0.2) is 16.4 Å². The molecule has 1 amide bonds. The van der Waals surface area contributed by atoms with Crippen molar-refractivity contribution in [2.45, 2.75) is 10.8 Å². The molecule has 0 aliphatic rings. The monoisotopic (exact) mass is 407 g/mol. The van der Waals surface area contributed by atoms with E-state index in [4.69, 9.17) is 39.5 Å². The fourth-order valence-electron chi connectivity index (χ4n) is 1.93. The van der Waals surface area contributed by atoms with Crippen LogP contribution in [0.25, 0.3) is 0 Å². The van der Waals surface area contributed by atoms with Gasteiger partial charge in [0.15, 0.2) is 0 Å². The van der Waals surface area contributed by atoms with Crippen LogP contribution in [0.4, 0.5) is 10.1 Å². The molecule has 0 saturated heterocycles. The largest absolute Gasteiger partial charge is 0.494 e. The second kappa shape index (κ2) is 8.30. The Morgan fingerprint density at radius 1 is 1.25 bits per heavy atom. The Hall–Kier alpha value is -1.14. The number of nitrogens with zero attached hydrogens (tertiary/aromatic N) is 1. The maximum atomic E-state index is 13.8. The molecular weight excluding hydrogens is 396 g/mol. The average Bonchev–Trinajstić information content (AvgIpc) is 2.52. The molecule has 0 bridgehead atoms. The van der Waals surface area contributed by atoms with Gasteiger partial charge in [-0.3, -0.25) is 4.79 Å². The minimum atomic E-state index is -2.70. The van der Waals surface area contributed by atoms with Gasteiger partial charge < -0.3 is 4.74 Å². The number of carbonyl (C=O) groups is 1. The summed E-state index contributed by atoms with van der Waals surface area (Å²) in [6, 6.07) is 13.0. The molecule has 0 aliphatic carbocycles. The van der Waals surface area contributed by atoms with E-state index in [9.17, 15) is 9.18 Å². The zero-order valence-corrected chi connectivity index (χ0v) is 15.6. The molecule has 3 nitrogen and oxygen atoms in total. The predicted octanol–water partition coefficient (Wildman–Crippen LogP) is 6.09. The Labute approximate surface area is 158 Å². The van der Waals surface area contributed by atoms with Crippen molar-refractivity contribution in [1.82, 2.24) is 0 Å². The van der Waals surface area contributed by atoms with E-state index in [-0.39, 0.29) is 10.6 Å². The van der Waals surface area contributed by atoms with Crippen LogP contribution in [0.15, 0.2) is 48.5 Å². The molecule has 0 fully saturated rings. The lowest BCUT2D eigenvalue weighted by molar-refractivity contribution is 0.101. The van der Waals surface area contributed by atoms with Crippen LogP contribution >= 0.6 is 46.8 Å². The van der Waals surface area contributed by atoms with Crippen molar-refractivity contribution in [3.8, 4) is 5.75 Å². The fourth-order valence-corrected chi connectivity index (χ4v) is 3.16. The molecule has 0 aromatic heterocycles. The van der Waals surface area contributed by atoms with E-state index in [1.54, 1.807) is 42.5 Å². The Balaban J connectivity index is 2.43. The normalized spacial score (nSPS) is 11.2. The van der Waals surface area contributed by atoms with E-state index in [0.717, 1.165) is 4.31 Å². The molecule has 2 aromatic carbocycles. The zero-order valence-electron chi connectivity index (χ0n) is 12.5. The summed E-state index contributed by atoms with van der Waals surface area (Å²) in [6.07, 6.45) is 0. The number of ether oxygens (including phenoxy) is 1. The van der Waals surface area contributed by atoms with E-state index >= 15 is 0 Å². The van der Waals surface area contributed by atoms with Crippen molar-refractivity contribution in [2.24, 2.45) is 0 Å². The number of hydrogen-bond acceptors (Lipinski definition) is 3. The smallest absolute Gasteiger partial charge is 0.324 e. The van der Waals surface area contributed by atoms with E-state index in [2.05, 4.69) is 0 Å². The molecule has 128 valence electrons. The number of amides is 1. The van der Waals surface area contributed by atoms with Gasteiger partial charge in [0.1, 0.15) is 5.75 Å². The molecule has 2 aromatic rings. The third-order valence-corrected chi connectivity index (χ3v) is 4.36. The Kier molecular flexibility index (Phi) is 6.63. The van der Waals surface area contributed by atoms with Gasteiger partial charge in [0, 0.05) is 18.0 Å². The van der Waals surface area contributed by atoms with Crippen molar-refractivity contribution in [3.05, 3.63) is 59.1 Å². The molecule has 0 heterocycles. The second-order valence-corrected chi connectivity index (χ2v) is 7.75. The maximum Gasteiger partial charge on any atom is 0.324 e. The first-order valence-electron chi connectivity index (χ1n) is 6.89. The topological polar surface area (TPSA) is 29.5 Å². The zero-order chi connectivity index (χ0) is 17.7. The highest BCUT2D eigenvalue weighted by molar-refractivity contribution is 8.05. The molecule has 0 radical (unpaired) electrons. The molecular formula is C16H13Cl3FNO2S. The summed E-state index contributed by atoms with van der Waals surface area (Å²) < 4.78 is 17.5. The van der Waals surface area contributed by atoms with Crippen LogP contribution in [-0.2, 0) is 0 Å². The van der Waals surface area contributed by atoms with E-state index < -0.39 is 9.83 Å². The number of alkyl halides is 3. The minimum Gasteiger partial charge on any atom is -0.494 e. The van der Waals surface area contributed by atoms with Gasteiger partial charge in [-0.1, -0.05) is 53.0 Å². The first-order chi connectivity index (χ1) is 11.3. The summed E-state index contributed by atoms with van der Waals surface area (Å²) in [7, 11) is 0. The third-order valence-electron chi connectivity index (χ3n) is 2.85. The van der Waals surface area contributed by atoms with Crippen LogP contribution < -0.4 is 9.04 Å². The van der Waals surface area contributed by atoms with Crippen molar-refractivity contribution < 1.29 is 13.9 Å². The third kappa shape index (κ3) is 5.18. The van der Waals surface area contributed by atoms with Gasteiger partial charge in [-0.25, -0.2) is 4.31 Å².